The summed E-state index contributed by atoms with van der Waals surface area (Å²) >= 11 is 0. The van der Waals surface area contributed by atoms with Gasteiger partial charge in [-0.2, -0.15) is 0 Å². The summed E-state index contributed by atoms with van der Waals surface area (Å²) in [6.07, 6.45) is 3.41. The highest BCUT2D eigenvalue weighted by molar-refractivity contribution is 7.90. The Balaban J connectivity index is 1.43. The smallest absolute Gasteiger partial charge is 0.244 e. The van der Waals surface area contributed by atoms with E-state index in [0.717, 1.165) is 44.7 Å². The van der Waals surface area contributed by atoms with Crippen molar-refractivity contribution >= 4 is 44.0 Å². The predicted octanol–water partition coefficient (Wildman–Crippen LogP) is 1.83. The number of sulfone groups is 1. The first-order valence-electron chi connectivity index (χ1n) is 13.3. The molecule has 1 fully saturated rings. The maximum Gasteiger partial charge on any atom is 0.244 e. The molecule has 1 amide bonds. The Morgan fingerprint density at radius 3 is 2.60 bits per heavy atom. The van der Waals surface area contributed by atoms with E-state index in [4.69, 9.17) is 4.74 Å². The molecule has 14 heteroatoms. The van der Waals surface area contributed by atoms with Crippen LogP contribution in [-0.2, 0) is 19.4 Å². The number of hydrogen-bond acceptors (Lipinski definition) is 8. The number of H-pyrrole nitrogens is 1. The number of fused-ring (bicyclic) bond motifs is 1. The number of likely N-dealkylation sites (N-methyl/N-ethyl adjacent to an activating group) is 1. The van der Waals surface area contributed by atoms with Gasteiger partial charge < -0.3 is 25.3 Å². The molecule has 4 N–H and O–H groups in total. The van der Waals surface area contributed by atoms with Gasteiger partial charge >= 0.3 is 0 Å². The van der Waals surface area contributed by atoms with Crippen LogP contribution in [0.4, 0.5) is 26.1 Å². The lowest BCUT2D eigenvalue weighted by molar-refractivity contribution is -0.884. The number of piperazine rings is 1. The van der Waals surface area contributed by atoms with Gasteiger partial charge in [0.05, 0.1) is 49.8 Å². The lowest BCUT2D eigenvalue weighted by Gasteiger charge is -2.35. The number of nitrogens with one attached hydrogen (secondary N) is 4. The zero-order chi connectivity index (χ0) is 30.0. The van der Waals surface area contributed by atoms with Crippen molar-refractivity contribution < 1.29 is 31.6 Å². The van der Waals surface area contributed by atoms with Crippen LogP contribution in [0.25, 0.3) is 22.2 Å². The number of carbonyl (C=O) groups is 1. The maximum absolute atomic E-state index is 15.0. The number of quaternary nitrogens is 1. The average molecular weight is 601 g/mol. The van der Waals surface area contributed by atoms with Crippen molar-refractivity contribution in [1.82, 2.24) is 19.9 Å². The molecule has 0 bridgehead atoms. The Morgan fingerprint density at radius 1 is 1.17 bits per heavy atom. The van der Waals surface area contributed by atoms with Crippen molar-refractivity contribution in [2.24, 2.45) is 0 Å². The Labute approximate surface area is 241 Å². The summed E-state index contributed by atoms with van der Waals surface area (Å²) in [4.78, 5) is 27.7. The first kappa shape index (κ1) is 29.5. The average Bonchev–Trinajstić information content (AvgIpc) is 3.39. The van der Waals surface area contributed by atoms with Gasteiger partial charge in [-0.3, -0.25) is 9.69 Å². The van der Waals surface area contributed by atoms with E-state index in [1.807, 2.05) is 0 Å². The van der Waals surface area contributed by atoms with Crippen molar-refractivity contribution in [1.29, 1.82) is 0 Å². The van der Waals surface area contributed by atoms with Crippen molar-refractivity contribution in [2.75, 3.05) is 63.8 Å². The molecule has 0 saturated carbocycles. The predicted molar refractivity (Wildman–Crippen MR) is 155 cm³/mol. The molecule has 2 aromatic carbocycles. The maximum atomic E-state index is 15.0. The van der Waals surface area contributed by atoms with Gasteiger partial charge in [-0.05, 0) is 18.2 Å². The lowest BCUT2D eigenvalue weighted by Crippen LogP contribution is -3.12. The minimum atomic E-state index is -3.81. The topological polar surface area (TPSA) is 134 Å². The fraction of sp³-hybridized carbons (Fsp3) is 0.321. The number of methoxy groups -OCH3 is 1. The molecule has 4 aromatic rings. The van der Waals surface area contributed by atoms with E-state index < -0.39 is 32.4 Å². The quantitative estimate of drug-likeness (QED) is 0.229. The van der Waals surface area contributed by atoms with Crippen LogP contribution < -0.4 is 15.5 Å². The number of carbonyl (C=O) groups excluding carboxylic acids is 1. The summed E-state index contributed by atoms with van der Waals surface area (Å²) in [6.45, 7) is 3.65. The lowest BCUT2D eigenvalue weighted by atomic mass is 10.1. The summed E-state index contributed by atoms with van der Waals surface area (Å²) in [5.74, 6) is -2.06. The van der Waals surface area contributed by atoms with Gasteiger partial charge in [0.25, 0.3) is 0 Å². The van der Waals surface area contributed by atoms with Gasteiger partial charge in [0, 0.05) is 43.6 Å². The van der Waals surface area contributed by atoms with Crippen molar-refractivity contribution in [3.05, 3.63) is 60.4 Å². The molecule has 1 saturated heterocycles. The third-order valence-corrected chi connectivity index (χ3v) is 8.42. The van der Waals surface area contributed by atoms with Gasteiger partial charge in [-0.15, -0.1) is 0 Å². The van der Waals surface area contributed by atoms with Crippen LogP contribution in [0.1, 0.15) is 0 Å². The number of hydrogen-bond donors (Lipinski definition) is 4. The highest BCUT2D eigenvalue weighted by atomic mass is 32.2. The van der Waals surface area contributed by atoms with E-state index in [9.17, 15) is 17.6 Å². The van der Waals surface area contributed by atoms with E-state index in [2.05, 4.69) is 37.5 Å². The molecule has 2 aromatic heterocycles. The highest BCUT2D eigenvalue weighted by Gasteiger charge is 2.30. The van der Waals surface area contributed by atoms with Gasteiger partial charge in [0.2, 0.25) is 11.9 Å². The third-order valence-electron chi connectivity index (χ3n) is 7.30. The molecule has 3 heterocycles. The second-order valence-electron chi connectivity index (χ2n) is 10.3. The van der Waals surface area contributed by atoms with Gasteiger partial charge in [-0.25, -0.2) is 27.2 Å². The summed E-state index contributed by atoms with van der Waals surface area (Å²) in [6, 6.07) is 8.64. The minimum absolute atomic E-state index is 0.0703. The number of aromatic nitrogens is 3. The molecule has 1 unspecified atom stereocenters. The molecule has 0 aliphatic carbocycles. The van der Waals surface area contributed by atoms with Gasteiger partial charge in [0.1, 0.15) is 16.6 Å². The standard InChI is InChI=1S/C28H31F2N7O4S/c1-36-10-12-37(13-11-36)22(16-41-2)27(38)33-21-8-4-6-17-18(14-31-26(17)21)25-19(29)15-32-28(35-25)34-20-7-5-9-23(24(20)30)42(3,39)40/h4-9,14-15,22,31H,10-13,16H2,1-3H3,(H,33,38)(H,32,34,35)/p+1. The van der Waals surface area contributed by atoms with E-state index in [1.54, 1.807) is 31.5 Å². The first-order valence-corrected chi connectivity index (χ1v) is 15.2. The number of halogens is 2. The zero-order valence-corrected chi connectivity index (χ0v) is 24.2. The Morgan fingerprint density at radius 2 is 1.88 bits per heavy atom. The fourth-order valence-corrected chi connectivity index (χ4v) is 5.78. The number of amides is 1. The molecule has 42 heavy (non-hydrogen) atoms. The Kier molecular flexibility index (Phi) is 8.50. The van der Waals surface area contributed by atoms with Crippen molar-refractivity contribution in [2.45, 2.75) is 10.9 Å². The molecular formula is C28H32F2N7O4S+. The molecule has 5 rings (SSSR count). The van der Waals surface area contributed by atoms with Crippen LogP contribution in [-0.4, -0.2) is 93.4 Å². The molecule has 11 nitrogen and oxygen atoms in total. The number of rotatable bonds is 9. The van der Waals surface area contributed by atoms with E-state index in [1.165, 1.54) is 17.0 Å². The molecule has 1 aliphatic rings. The molecule has 0 spiro atoms. The SMILES string of the molecule is COCC(C(=O)Nc1cccc2c(-c3nc(Nc4cccc(S(C)(=O)=O)c4F)ncc3F)c[nH]c12)N1CC[NH+](C)CC1. The van der Waals surface area contributed by atoms with E-state index in [0.29, 0.717) is 22.2 Å². The van der Waals surface area contributed by atoms with Crippen LogP contribution in [0.3, 0.4) is 0 Å². The highest BCUT2D eigenvalue weighted by Crippen LogP contribution is 2.34. The van der Waals surface area contributed by atoms with E-state index in [-0.39, 0.29) is 29.8 Å². The van der Waals surface area contributed by atoms with Crippen LogP contribution in [0, 0.1) is 11.6 Å². The van der Waals surface area contributed by atoms with E-state index >= 15 is 4.39 Å². The second kappa shape index (κ2) is 12.1. The first-order chi connectivity index (χ1) is 20.1. The summed E-state index contributed by atoms with van der Waals surface area (Å²) in [5, 5.41) is 6.23. The van der Waals surface area contributed by atoms with Crippen LogP contribution >= 0.6 is 0 Å². The van der Waals surface area contributed by atoms with Gasteiger partial charge in [0.15, 0.2) is 21.5 Å². The Bertz CT molecular complexity index is 1720. The second-order valence-corrected chi connectivity index (χ2v) is 12.3. The summed E-state index contributed by atoms with van der Waals surface area (Å²) in [5.41, 5.74) is 1.23. The monoisotopic (exact) mass is 600 g/mol. The van der Waals surface area contributed by atoms with Crippen molar-refractivity contribution in [3.63, 3.8) is 0 Å². The van der Waals surface area contributed by atoms with Crippen LogP contribution in [0.15, 0.2) is 53.7 Å². The fourth-order valence-electron chi connectivity index (χ4n) is 5.02. The molecule has 1 aliphatic heterocycles. The number of benzene rings is 2. The Hall–Kier alpha value is -3.98. The molecule has 0 radical (unpaired) electrons. The molecule has 222 valence electrons. The molecular weight excluding hydrogens is 568 g/mol. The van der Waals surface area contributed by atoms with Crippen LogP contribution in [0.5, 0.6) is 0 Å². The number of para-hydroxylation sites is 1. The largest absolute Gasteiger partial charge is 0.383 e. The van der Waals surface area contributed by atoms with Gasteiger partial charge in [-0.1, -0.05) is 18.2 Å². The number of nitrogens with zero attached hydrogens (tertiary/aromatic N) is 3. The zero-order valence-electron chi connectivity index (χ0n) is 23.4. The summed E-state index contributed by atoms with van der Waals surface area (Å²) < 4.78 is 59.1. The normalized spacial score (nSPS) is 15.5. The number of aromatic amines is 1. The summed E-state index contributed by atoms with van der Waals surface area (Å²) in [7, 11) is -0.123. The molecule has 1 atom stereocenters. The van der Waals surface area contributed by atoms with Crippen molar-refractivity contribution in [3.8, 4) is 11.3 Å². The van der Waals surface area contributed by atoms with Crippen LogP contribution in [0.2, 0.25) is 0 Å². The number of anilines is 3. The third kappa shape index (κ3) is 6.11. The number of ether oxygens (including phenoxy) is 1. The minimum Gasteiger partial charge on any atom is -0.383 e.